The maximum atomic E-state index is 9.47. The first-order valence-corrected chi connectivity index (χ1v) is 7.00. The lowest BCUT2D eigenvalue weighted by Crippen LogP contribution is -2.21. The van der Waals surface area contributed by atoms with Crippen molar-refractivity contribution in [1.82, 2.24) is 4.98 Å². The minimum atomic E-state index is -0.439. The highest BCUT2D eigenvalue weighted by Gasteiger charge is 2.18. The van der Waals surface area contributed by atoms with E-state index in [-0.39, 0.29) is 0 Å². The molecule has 1 unspecified atom stereocenters. The van der Waals surface area contributed by atoms with Gasteiger partial charge in [0.2, 0.25) is 0 Å². The molecule has 0 amide bonds. The molecule has 1 fully saturated rings. The summed E-state index contributed by atoms with van der Waals surface area (Å²) in [7, 11) is 0. The van der Waals surface area contributed by atoms with Crippen molar-refractivity contribution < 1.29 is 5.11 Å². The molecule has 3 nitrogen and oxygen atoms in total. The van der Waals surface area contributed by atoms with Crippen LogP contribution >= 0.6 is 11.3 Å². The van der Waals surface area contributed by atoms with Crippen molar-refractivity contribution in [1.29, 1.82) is 0 Å². The van der Waals surface area contributed by atoms with Gasteiger partial charge in [0.15, 0.2) is 0 Å². The predicted molar refractivity (Wildman–Crippen MR) is 66.7 cm³/mol. The Balaban J connectivity index is 1.95. The minimum absolute atomic E-state index is 0.318. The van der Waals surface area contributed by atoms with Crippen LogP contribution in [-0.2, 0) is 6.42 Å². The molecule has 1 aromatic rings. The molecule has 0 aliphatic heterocycles. The van der Waals surface area contributed by atoms with Crippen molar-refractivity contribution in [2.75, 3.05) is 6.54 Å². The van der Waals surface area contributed by atoms with E-state index in [0.717, 1.165) is 5.01 Å². The van der Waals surface area contributed by atoms with Gasteiger partial charge in [0, 0.05) is 24.3 Å². The van der Waals surface area contributed by atoms with Crippen molar-refractivity contribution in [2.24, 2.45) is 5.73 Å². The van der Waals surface area contributed by atoms with Crippen LogP contribution in [0.2, 0.25) is 0 Å². The number of nitrogens with zero attached hydrogens (tertiary/aromatic N) is 1. The summed E-state index contributed by atoms with van der Waals surface area (Å²) < 4.78 is 0. The molecule has 1 aromatic heterocycles. The zero-order chi connectivity index (χ0) is 11.4. The number of hydrogen-bond donors (Lipinski definition) is 2. The zero-order valence-electron chi connectivity index (χ0n) is 9.56. The van der Waals surface area contributed by atoms with Crippen LogP contribution in [0.15, 0.2) is 5.38 Å². The molecule has 2 rings (SSSR count). The van der Waals surface area contributed by atoms with Crippen LogP contribution in [0.25, 0.3) is 0 Å². The van der Waals surface area contributed by atoms with Gasteiger partial charge in [0.1, 0.15) is 0 Å². The van der Waals surface area contributed by atoms with Crippen molar-refractivity contribution in [2.45, 2.75) is 50.5 Å². The summed E-state index contributed by atoms with van der Waals surface area (Å²) >= 11 is 1.66. The predicted octanol–water partition coefficient (Wildman–Crippen LogP) is 2.05. The third-order valence-electron chi connectivity index (χ3n) is 3.28. The summed E-state index contributed by atoms with van der Waals surface area (Å²) in [6.45, 7) is 0.318. The van der Waals surface area contributed by atoms with Gasteiger partial charge in [-0.3, -0.25) is 0 Å². The molecule has 0 saturated heterocycles. The fraction of sp³-hybridized carbons (Fsp3) is 0.750. The number of rotatable bonds is 4. The molecule has 1 heterocycles. The number of thiazole rings is 1. The Hall–Kier alpha value is -0.450. The second-order valence-corrected chi connectivity index (χ2v) is 5.54. The Labute approximate surface area is 101 Å². The molecule has 1 saturated carbocycles. The van der Waals surface area contributed by atoms with Crippen LogP contribution in [0, 0.1) is 0 Å². The SMILES string of the molecule is NCC(O)Cc1nc(C2CCCCC2)cs1. The van der Waals surface area contributed by atoms with Gasteiger partial charge in [0.05, 0.1) is 16.8 Å². The molecule has 90 valence electrons. The summed E-state index contributed by atoms with van der Waals surface area (Å²) in [5.41, 5.74) is 6.64. The van der Waals surface area contributed by atoms with Gasteiger partial charge in [-0.1, -0.05) is 19.3 Å². The molecule has 0 radical (unpaired) electrons. The van der Waals surface area contributed by atoms with E-state index in [4.69, 9.17) is 5.73 Å². The Morgan fingerprint density at radius 2 is 2.19 bits per heavy atom. The first-order chi connectivity index (χ1) is 7.79. The van der Waals surface area contributed by atoms with E-state index in [9.17, 15) is 5.11 Å². The monoisotopic (exact) mass is 240 g/mol. The second-order valence-electron chi connectivity index (χ2n) is 4.59. The molecular weight excluding hydrogens is 220 g/mol. The number of aliphatic hydroxyl groups is 1. The maximum absolute atomic E-state index is 9.47. The molecule has 1 atom stereocenters. The average Bonchev–Trinajstić information content (AvgIpc) is 2.78. The van der Waals surface area contributed by atoms with Crippen molar-refractivity contribution in [3.8, 4) is 0 Å². The molecule has 0 bridgehead atoms. The van der Waals surface area contributed by atoms with Crippen LogP contribution in [0.5, 0.6) is 0 Å². The highest BCUT2D eigenvalue weighted by Crippen LogP contribution is 2.33. The highest BCUT2D eigenvalue weighted by atomic mass is 32.1. The van der Waals surface area contributed by atoms with Gasteiger partial charge in [-0.25, -0.2) is 4.98 Å². The number of aliphatic hydroxyl groups excluding tert-OH is 1. The van der Waals surface area contributed by atoms with Gasteiger partial charge in [-0.05, 0) is 12.8 Å². The minimum Gasteiger partial charge on any atom is -0.391 e. The third kappa shape index (κ3) is 3.03. The summed E-state index contributed by atoms with van der Waals surface area (Å²) in [5.74, 6) is 0.661. The first kappa shape index (κ1) is 12.0. The Morgan fingerprint density at radius 3 is 2.88 bits per heavy atom. The smallest absolute Gasteiger partial charge is 0.0954 e. The van der Waals surface area contributed by atoms with Gasteiger partial charge in [0.25, 0.3) is 0 Å². The standard InChI is InChI=1S/C12H20N2OS/c13-7-10(15)6-12-14-11(8-16-12)9-4-2-1-3-5-9/h8-10,15H,1-7,13H2. The van der Waals surface area contributed by atoms with Crippen molar-refractivity contribution in [3.05, 3.63) is 16.1 Å². The molecule has 16 heavy (non-hydrogen) atoms. The highest BCUT2D eigenvalue weighted by molar-refractivity contribution is 7.09. The normalized spacial score (nSPS) is 19.9. The van der Waals surface area contributed by atoms with Crippen LogP contribution in [0.1, 0.15) is 48.7 Å². The third-order valence-corrected chi connectivity index (χ3v) is 4.16. The number of aromatic nitrogens is 1. The van der Waals surface area contributed by atoms with Crippen LogP contribution < -0.4 is 5.73 Å². The topological polar surface area (TPSA) is 59.1 Å². The fourth-order valence-corrected chi connectivity index (χ4v) is 3.24. The number of hydrogen-bond acceptors (Lipinski definition) is 4. The molecule has 1 aliphatic rings. The van der Waals surface area contributed by atoms with E-state index in [0.29, 0.717) is 18.9 Å². The molecule has 3 N–H and O–H groups in total. The second kappa shape index (κ2) is 5.75. The van der Waals surface area contributed by atoms with Gasteiger partial charge in [-0.15, -0.1) is 11.3 Å². The Morgan fingerprint density at radius 1 is 1.44 bits per heavy atom. The Bertz CT molecular complexity index is 321. The molecular formula is C12H20N2OS. The molecule has 0 spiro atoms. The van der Waals surface area contributed by atoms with Crippen LogP contribution in [0.4, 0.5) is 0 Å². The summed E-state index contributed by atoms with van der Waals surface area (Å²) in [4.78, 5) is 4.62. The fourth-order valence-electron chi connectivity index (χ4n) is 2.29. The zero-order valence-corrected chi connectivity index (χ0v) is 10.4. The summed E-state index contributed by atoms with van der Waals surface area (Å²) in [5, 5.41) is 12.7. The van der Waals surface area contributed by atoms with Gasteiger partial charge >= 0.3 is 0 Å². The first-order valence-electron chi connectivity index (χ1n) is 6.12. The molecule has 0 aromatic carbocycles. The maximum Gasteiger partial charge on any atom is 0.0954 e. The molecule has 1 aliphatic carbocycles. The lowest BCUT2D eigenvalue weighted by molar-refractivity contribution is 0.183. The Kier molecular flexibility index (Phi) is 4.32. The molecule has 4 heteroatoms. The number of nitrogens with two attached hydrogens (primary N) is 1. The van der Waals surface area contributed by atoms with Crippen LogP contribution in [-0.4, -0.2) is 22.7 Å². The van der Waals surface area contributed by atoms with E-state index < -0.39 is 6.10 Å². The van der Waals surface area contributed by atoms with Gasteiger partial charge < -0.3 is 10.8 Å². The quantitative estimate of drug-likeness (QED) is 0.847. The van der Waals surface area contributed by atoms with Crippen LogP contribution in [0.3, 0.4) is 0 Å². The lowest BCUT2D eigenvalue weighted by atomic mass is 9.87. The average molecular weight is 240 g/mol. The van der Waals surface area contributed by atoms with E-state index in [2.05, 4.69) is 10.4 Å². The summed E-state index contributed by atoms with van der Waals surface area (Å²) in [6.07, 6.45) is 6.77. The van der Waals surface area contributed by atoms with Crippen molar-refractivity contribution in [3.63, 3.8) is 0 Å². The van der Waals surface area contributed by atoms with E-state index in [1.165, 1.54) is 37.8 Å². The lowest BCUT2D eigenvalue weighted by Gasteiger charge is -2.19. The van der Waals surface area contributed by atoms with Crippen molar-refractivity contribution >= 4 is 11.3 Å². The van der Waals surface area contributed by atoms with E-state index in [1.54, 1.807) is 11.3 Å². The summed E-state index contributed by atoms with van der Waals surface area (Å²) in [6, 6.07) is 0. The van der Waals surface area contributed by atoms with E-state index in [1.807, 2.05) is 0 Å². The largest absolute Gasteiger partial charge is 0.391 e. The van der Waals surface area contributed by atoms with Gasteiger partial charge in [-0.2, -0.15) is 0 Å². The van der Waals surface area contributed by atoms with E-state index >= 15 is 0 Å².